The third kappa shape index (κ3) is 9.20. The van der Waals surface area contributed by atoms with Crippen molar-refractivity contribution in [2.45, 2.75) is 122 Å². The largest absolute Gasteiger partial charge is 0.497 e. The monoisotopic (exact) mass is 726 g/mol. The minimum absolute atomic E-state index is 0.0868. The third-order valence-electron chi connectivity index (χ3n) is 10.2. The van der Waals surface area contributed by atoms with Crippen LogP contribution in [0.25, 0.3) is 0 Å². The zero-order valence-electron chi connectivity index (χ0n) is 31.3. The summed E-state index contributed by atoms with van der Waals surface area (Å²) in [5.74, 6) is -3.85. The van der Waals surface area contributed by atoms with Crippen LogP contribution < -0.4 is 20.7 Å². The van der Waals surface area contributed by atoms with E-state index in [1.165, 1.54) is 42.7 Å². The number of carbonyl (C=O) groups is 7. The highest BCUT2D eigenvalue weighted by molar-refractivity contribution is 5.97. The van der Waals surface area contributed by atoms with Crippen LogP contribution in [0, 0.1) is 5.92 Å². The van der Waals surface area contributed by atoms with Gasteiger partial charge in [-0.3, -0.25) is 28.8 Å². The quantitative estimate of drug-likeness (QED) is 0.344. The van der Waals surface area contributed by atoms with Gasteiger partial charge in [0.05, 0.1) is 7.11 Å². The molecular formula is C37H54N6O9. The van der Waals surface area contributed by atoms with Crippen molar-refractivity contribution in [2.75, 3.05) is 27.2 Å². The van der Waals surface area contributed by atoms with Gasteiger partial charge in [-0.25, -0.2) is 4.79 Å². The Labute approximate surface area is 305 Å². The molecule has 4 rings (SSSR count). The van der Waals surface area contributed by atoms with Gasteiger partial charge in [0.15, 0.2) is 0 Å². The fraction of sp³-hybridized carbons (Fsp3) is 0.649. The Morgan fingerprint density at radius 3 is 2.08 bits per heavy atom. The van der Waals surface area contributed by atoms with Gasteiger partial charge in [0.25, 0.3) is 0 Å². The molecule has 3 fully saturated rings. The molecule has 3 aliphatic heterocycles. The predicted octanol–water partition coefficient (Wildman–Crippen LogP) is 0.922. The van der Waals surface area contributed by atoms with Gasteiger partial charge >= 0.3 is 5.97 Å². The van der Waals surface area contributed by atoms with Gasteiger partial charge < -0.3 is 40.1 Å². The van der Waals surface area contributed by atoms with Crippen LogP contribution in [0.2, 0.25) is 0 Å². The van der Waals surface area contributed by atoms with Crippen molar-refractivity contribution in [1.29, 1.82) is 0 Å². The van der Waals surface area contributed by atoms with Gasteiger partial charge in [-0.1, -0.05) is 39.3 Å². The van der Waals surface area contributed by atoms with E-state index in [0.717, 1.165) is 5.56 Å². The maximum absolute atomic E-state index is 14.3. The number of nitrogens with zero attached hydrogens (tertiary/aromatic N) is 3. The average molecular weight is 727 g/mol. The summed E-state index contributed by atoms with van der Waals surface area (Å²) in [5, 5.41) is 8.07. The number of likely N-dealkylation sites (N-methyl/N-ethyl adjacent to an activating group) is 1. The molecule has 0 radical (unpaired) electrons. The van der Waals surface area contributed by atoms with Crippen molar-refractivity contribution in [3.05, 3.63) is 29.8 Å². The van der Waals surface area contributed by atoms with Crippen molar-refractivity contribution in [1.82, 2.24) is 30.7 Å². The molecule has 15 nitrogen and oxygen atoms in total. The second kappa shape index (κ2) is 17.7. The van der Waals surface area contributed by atoms with Crippen LogP contribution in [-0.4, -0.2) is 126 Å². The van der Waals surface area contributed by atoms with Crippen LogP contribution in [0.5, 0.6) is 5.75 Å². The number of rotatable bonds is 7. The summed E-state index contributed by atoms with van der Waals surface area (Å²) < 4.78 is 11.0. The van der Waals surface area contributed by atoms with Gasteiger partial charge in [-0.2, -0.15) is 0 Å². The number of carbonyl (C=O) groups excluding carboxylic acids is 7. The summed E-state index contributed by atoms with van der Waals surface area (Å²) in [5.41, 5.74) is 0.724. The highest BCUT2D eigenvalue weighted by Crippen LogP contribution is 2.28. The van der Waals surface area contributed by atoms with Crippen LogP contribution in [-0.2, 0) is 44.7 Å². The highest BCUT2D eigenvalue weighted by atomic mass is 16.5. The van der Waals surface area contributed by atoms with E-state index in [0.29, 0.717) is 50.9 Å². The van der Waals surface area contributed by atoms with E-state index < -0.39 is 83.8 Å². The fourth-order valence-electron chi connectivity index (χ4n) is 7.24. The van der Waals surface area contributed by atoms with E-state index in [1.807, 2.05) is 6.92 Å². The SMILES string of the molecule is CCCC1NC(=O)C(NC(C)=O)[C@@H](C)OC(=O)[C@H](C(C)C)NC(=O)[C@H](Cc2ccc(OC)cc2)N(C)C(=O)[C@@H]2CCCN2C(=O)[C@@H]2CCCN2C1=O. The molecule has 52 heavy (non-hydrogen) atoms. The number of methoxy groups -OCH3 is 1. The first-order valence-corrected chi connectivity index (χ1v) is 18.3. The Bertz CT molecular complexity index is 1500. The lowest BCUT2D eigenvalue weighted by Gasteiger charge is -2.36. The molecule has 3 saturated heterocycles. The van der Waals surface area contributed by atoms with Crippen molar-refractivity contribution >= 4 is 41.4 Å². The minimum atomic E-state index is -1.37. The molecule has 286 valence electrons. The normalized spacial score (nSPS) is 28.3. The van der Waals surface area contributed by atoms with E-state index in [-0.39, 0.29) is 18.7 Å². The summed E-state index contributed by atoms with van der Waals surface area (Å²) in [4.78, 5) is 101. The molecular weight excluding hydrogens is 672 g/mol. The van der Waals surface area contributed by atoms with E-state index in [4.69, 9.17) is 9.47 Å². The van der Waals surface area contributed by atoms with Crippen LogP contribution in [0.15, 0.2) is 24.3 Å². The van der Waals surface area contributed by atoms with Gasteiger partial charge in [0, 0.05) is 33.5 Å². The summed E-state index contributed by atoms with van der Waals surface area (Å²) in [7, 11) is 3.05. The van der Waals surface area contributed by atoms with E-state index in [9.17, 15) is 33.6 Å². The van der Waals surface area contributed by atoms with Gasteiger partial charge in [0.1, 0.15) is 48.1 Å². The van der Waals surface area contributed by atoms with E-state index in [2.05, 4.69) is 16.0 Å². The lowest BCUT2D eigenvalue weighted by atomic mass is 10.00. The average Bonchev–Trinajstić information content (AvgIpc) is 3.81. The Balaban J connectivity index is 1.78. The molecule has 6 amide bonds. The summed E-state index contributed by atoms with van der Waals surface area (Å²) >= 11 is 0. The van der Waals surface area contributed by atoms with Gasteiger partial charge in [0.2, 0.25) is 35.4 Å². The molecule has 1 aromatic rings. The molecule has 0 saturated carbocycles. The van der Waals surface area contributed by atoms with Gasteiger partial charge in [-0.05, 0) is 62.6 Å². The van der Waals surface area contributed by atoms with Gasteiger partial charge in [-0.15, -0.1) is 0 Å². The number of hydrogen-bond acceptors (Lipinski definition) is 9. The molecule has 15 heteroatoms. The standard InChI is InChI=1S/C37H54N6O9/c1-8-11-26-34(47)42-18-10-13-28(42)36(49)43-19-9-12-27(43)35(48)41(6)29(20-24-14-16-25(51-7)17-15-24)32(45)40-30(21(2)3)37(50)52-22(4)31(33(46)39-26)38-23(5)44/h14-17,21-22,26-31H,8-13,18-20H2,1-7H3,(H,38,44)(H,39,46)(H,40,45)/t22-,26?,27+,28+,29+,30+,31?/m1/s1. The maximum Gasteiger partial charge on any atom is 0.329 e. The molecule has 0 aliphatic carbocycles. The van der Waals surface area contributed by atoms with Crippen molar-refractivity contribution < 1.29 is 43.0 Å². The van der Waals surface area contributed by atoms with Crippen LogP contribution in [0.4, 0.5) is 0 Å². The first kappa shape index (κ1) is 40.1. The number of nitrogens with one attached hydrogen (secondary N) is 3. The number of esters is 1. The van der Waals surface area contributed by atoms with Crippen LogP contribution in [0.3, 0.4) is 0 Å². The minimum Gasteiger partial charge on any atom is -0.497 e. The van der Waals surface area contributed by atoms with Crippen molar-refractivity contribution in [3.8, 4) is 5.75 Å². The fourth-order valence-corrected chi connectivity index (χ4v) is 7.24. The number of hydrogen-bond donors (Lipinski definition) is 3. The Morgan fingerprint density at radius 2 is 1.52 bits per heavy atom. The number of amides is 6. The Kier molecular flexibility index (Phi) is 13.6. The lowest BCUT2D eigenvalue weighted by Crippen LogP contribution is -2.59. The summed E-state index contributed by atoms with van der Waals surface area (Å²) in [6.45, 7) is 8.55. The lowest BCUT2D eigenvalue weighted by molar-refractivity contribution is -0.157. The Morgan fingerprint density at radius 1 is 0.923 bits per heavy atom. The number of cyclic esters (lactones) is 1. The first-order chi connectivity index (χ1) is 24.7. The summed E-state index contributed by atoms with van der Waals surface area (Å²) in [6.07, 6.45) is 1.56. The van der Waals surface area contributed by atoms with Crippen molar-refractivity contribution in [3.63, 3.8) is 0 Å². The number of ether oxygens (including phenoxy) is 2. The zero-order valence-corrected chi connectivity index (χ0v) is 31.3. The molecule has 3 heterocycles. The third-order valence-corrected chi connectivity index (χ3v) is 10.2. The number of fused-ring (bicyclic) bond motifs is 2. The molecule has 2 unspecified atom stereocenters. The Hall–Kier alpha value is -4.69. The van der Waals surface area contributed by atoms with Crippen LogP contribution >= 0.6 is 0 Å². The second-order valence-corrected chi connectivity index (χ2v) is 14.3. The van der Waals surface area contributed by atoms with Crippen LogP contribution in [0.1, 0.15) is 78.7 Å². The molecule has 3 aliphatic rings. The molecule has 0 spiro atoms. The second-order valence-electron chi connectivity index (χ2n) is 14.3. The smallest absolute Gasteiger partial charge is 0.329 e. The van der Waals surface area contributed by atoms with E-state index in [1.54, 1.807) is 38.1 Å². The molecule has 0 aromatic heterocycles. The zero-order chi connectivity index (χ0) is 38.3. The molecule has 3 N–H and O–H groups in total. The first-order valence-electron chi connectivity index (χ1n) is 18.3. The number of benzene rings is 1. The summed E-state index contributed by atoms with van der Waals surface area (Å²) in [6, 6.07) is 0.689. The predicted molar refractivity (Wildman–Crippen MR) is 189 cm³/mol. The highest BCUT2D eigenvalue weighted by Gasteiger charge is 2.46. The van der Waals surface area contributed by atoms with E-state index >= 15 is 0 Å². The topological polar surface area (TPSA) is 184 Å². The maximum atomic E-state index is 14.3. The molecule has 0 bridgehead atoms. The van der Waals surface area contributed by atoms with Crippen molar-refractivity contribution in [2.24, 2.45) is 5.92 Å². The molecule has 1 aromatic carbocycles. The molecule has 7 atom stereocenters.